The summed E-state index contributed by atoms with van der Waals surface area (Å²) >= 11 is 0. The Morgan fingerprint density at radius 3 is 2.62 bits per heavy atom. The molecule has 0 spiro atoms. The van der Waals surface area contributed by atoms with Crippen molar-refractivity contribution in [1.82, 2.24) is 5.16 Å². The van der Waals surface area contributed by atoms with Crippen LogP contribution in [0.2, 0.25) is 0 Å². The largest absolute Gasteiger partial charge is 0.370 e. The summed E-state index contributed by atoms with van der Waals surface area (Å²) in [6.45, 7) is 4.50. The number of hydrogen-bond donors (Lipinski definition) is 2. The molecule has 3 rings (SSSR count). The molecule has 3 N–H and O–H groups in total. The van der Waals surface area contributed by atoms with Crippen molar-refractivity contribution in [3.63, 3.8) is 0 Å². The smallest absolute Gasteiger partial charge is 0.193 e. The molecule has 0 bridgehead atoms. The van der Waals surface area contributed by atoms with E-state index < -0.39 is 0 Å². The minimum atomic E-state index is 0.350. The van der Waals surface area contributed by atoms with E-state index in [2.05, 4.69) is 35.4 Å². The van der Waals surface area contributed by atoms with Crippen LogP contribution in [0, 0.1) is 13.8 Å². The van der Waals surface area contributed by atoms with Crippen molar-refractivity contribution >= 4 is 11.6 Å². The van der Waals surface area contributed by atoms with Gasteiger partial charge in [-0.2, -0.15) is 0 Å². The van der Waals surface area contributed by atoms with E-state index in [1.807, 2.05) is 48.5 Å². The van der Waals surface area contributed by atoms with Crippen molar-refractivity contribution in [2.45, 2.75) is 20.4 Å². The zero-order valence-electron chi connectivity index (χ0n) is 13.8. The fraction of sp³-hybridized carbons (Fsp3) is 0.158. The summed E-state index contributed by atoms with van der Waals surface area (Å²) in [6, 6.07) is 17.8. The van der Waals surface area contributed by atoms with E-state index in [4.69, 9.17) is 10.3 Å². The van der Waals surface area contributed by atoms with Gasteiger partial charge in [0.25, 0.3) is 0 Å². The lowest BCUT2D eigenvalue weighted by Crippen LogP contribution is -2.22. The van der Waals surface area contributed by atoms with Crippen LogP contribution in [0.3, 0.4) is 0 Å². The number of benzene rings is 2. The van der Waals surface area contributed by atoms with Gasteiger partial charge in [-0.15, -0.1) is 0 Å². The molecule has 2 aromatic carbocycles. The lowest BCUT2D eigenvalue weighted by Gasteiger charge is -2.07. The monoisotopic (exact) mass is 320 g/mol. The van der Waals surface area contributed by atoms with Gasteiger partial charge in [-0.25, -0.2) is 4.99 Å². The standard InChI is InChI=1S/C19H20N4O/c1-13-8-9-16(10-14(13)2)22-19(20)21-12-17-11-18(24-23-17)15-6-4-3-5-7-15/h3-11H,12H2,1-2H3,(H3,20,21,22). The van der Waals surface area contributed by atoms with E-state index in [9.17, 15) is 0 Å². The zero-order chi connectivity index (χ0) is 16.9. The molecule has 5 heteroatoms. The van der Waals surface area contributed by atoms with E-state index in [0.29, 0.717) is 12.5 Å². The Hall–Kier alpha value is -3.08. The molecule has 0 aliphatic rings. The van der Waals surface area contributed by atoms with Gasteiger partial charge in [0.2, 0.25) is 0 Å². The molecular formula is C19H20N4O. The third kappa shape index (κ3) is 3.81. The first-order valence-electron chi connectivity index (χ1n) is 7.77. The summed E-state index contributed by atoms with van der Waals surface area (Å²) in [6.07, 6.45) is 0. The van der Waals surface area contributed by atoms with Crippen molar-refractivity contribution in [1.29, 1.82) is 0 Å². The number of nitrogens with one attached hydrogen (secondary N) is 1. The highest BCUT2D eigenvalue weighted by molar-refractivity contribution is 5.92. The number of aliphatic imine (C=N–C) groups is 1. The van der Waals surface area contributed by atoms with Gasteiger partial charge in [0, 0.05) is 17.3 Å². The Kier molecular flexibility index (Phi) is 4.61. The molecule has 0 saturated carbocycles. The summed E-state index contributed by atoms with van der Waals surface area (Å²) in [5.74, 6) is 1.07. The summed E-state index contributed by atoms with van der Waals surface area (Å²) in [4.78, 5) is 4.31. The van der Waals surface area contributed by atoms with E-state index in [1.165, 1.54) is 11.1 Å². The number of hydrogen-bond acceptors (Lipinski definition) is 3. The highest BCUT2D eigenvalue weighted by Gasteiger charge is 2.06. The molecule has 1 heterocycles. The Morgan fingerprint density at radius 2 is 1.88 bits per heavy atom. The Balaban J connectivity index is 1.65. The van der Waals surface area contributed by atoms with Crippen molar-refractivity contribution in [3.05, 3.63) is 71.4 Å². The first-order chi connectivity index (χ1) is 11.6. The van der Waals surface area contributed by atoms with E-state index in [0.717, 1.165) is 22.7 Å². The highest BCUT2D eigenvalue weighted by Crippen LogP contribution is 2.20. The van der Waals surface area contributed by atoms with Crippen LogP contribution in [-0.2, 0) is 6.54 Å². The SMILES string of the molecule is Cc1ccc(NC(N)=NCc2cc(-c3ccccc3)on2)cc1C. The van der Waals surface area contributed by atoms with E-state index in [1.54, 1.807) is 0 Å². The van der Waals surface area contributed by atoms with Crippen LogP contribution in [-0.4, -0.2) is 11.1 Å². The molecule has 0 saturated heterocycles. The predicted molar refractivity (Wildman–Crippen MR) is 96.8 cm³/mol. The lowest BCUT2D eigenvalue weighted by molar-refractivity contribution is 0.424. The van der Waals surface area contributed by atoms with Gasteiger partial charge in [-0.3, -0.25) is 0 Å². The maximum Gasteiger partial charge on any atom is 0.193 e. The molecule has 0 unspecified atom stereocenters. The molecule has 0 fully saturated rings. The number of anilines is 1. The van der Waals surface area contributed by atoms with Gasteiger partial charge in [0.05, 0.1) is 6.54 Å². The maximum absolute atomic E-state index is 5.94. The van der Waals surface area contributed by atoms with Crippen LogP contribution in [0.25, 0.3) is 11.3 Å². The summed E-state index contributed by atoms with van der Waals surface area (Å²) in [7, 11) is 0. The highest BCUT2D eigenvalue weighted by atomic mass is 16.5. The molecular weight excluding hydrogens is 300 g/mol. The molecule has 1 aromatic heterocycles. The van der Waals surface area contributed by atoms with Crippen molar-refractivity contribution in [2.75, 3.05) is 5.32 Å². The van der Waals surface area contributed by atoms with Crippen LogP contribution in [0.1, 0.15) is 16.8 Å². The van der Waals surface area contributed by atoms with Gasteiger partial charge >= 0.3 is 0 Å². The number of aromatic nitrogens is 1. The number of nitrogens with zero attached hydrogens (tertiary/aromatic N) is 2. The molecule has 0 amide bonds. The first kappa shape index (κ1) is 15.8. The molecule has 0 atom stereocenters. The van der Waals surface area contributed by atoms with E-state index >= 15 is 0 Å². The van der Waals surface area contributed by atoms with Gasteiger partial charge in [0.1, 0.15) is 5.69 Å². The van der Waals surface area contributed by atoms with Crippen molar-refractivity contribution in [3.8, 4) is 11.3 Å². The van der Waals surface area contributed by atoms with Crippen LogP contribution >= 0.6 is 0 Å². The third-order valence-corrected chi connectivity index (χ3v) is 3.81. The second-order valence-corrected chi connectivity index (χ2v) is 5.67. The normalized spacial score (nSPS) is 11.5. The molecule has 122 valence electrons. The van der Waals surface area contributed by atoms with Gasteiger partial charge < -0.3 is 15.6 Å². The first-order valence-corrected chi connectivity index (χ1v) is 7.77. The van der Waals surface area contributed by atoms with Crippen LogP contribution < -0.4 is 11.1 Å². The van der Waals surface area contributed by atoms with Crippen LogP contribution in [0.15, 0.2) is 64.1 Å². The minimum Gasteiger partial charge on any atom is -0.370 e. The van der Waals surface area contributed by atoms with Gasteiger partial charge in [-0.1, -0.05) is 41.6 Å². The Labute approximate surface area is 141 Å². The zero-order valence-corrected chi connectivity index (χ0v) is 13.8. The third-order valence-electron chi connectivity index (χ3n) is 3.81. The lowest BCUT2D eigenvalue weighted by atomic mass is 10.1. The van der Waals surface area contributed by atoms with Crippen molar-refractivity contribution in [2.24, 2.45) is 10.7 Å². The predicted octanol–water partition coefficient (Wildman–Crippen LogP) is 3.89. The second-order valence-electron chi connectivity index (χ2n) is 5.67. The van der Waals surface area contributed by atoms with Gasteiger partial charge in [0.15, 0.2) is 11.7 Å². The fourth-order valence-corrected chi connectivity index (χ4v) is 2.30. The Bertz CT molecular complexity index is 853. The average Bonchev–Trinajstić information content (AvgIpc) is 3.06. The summed E-state index contributed by atoms with van der Waals surface area (Å²) < 4.78 is 5.35. The molecule has 24 heavy (non-hydrogen) atoms. The molecule has 5 nitrogen and oxygen atoms in total. The van der Waals surface area contributed by atoms with Gasteiger partial charge in [-0.05, 0) is 37.1 Å². The van der Waals surface area contributed by atoms with Crippen molar-refractivity contribution < 1.29 is 4.52 Å². The summed E-state index contributed by atoms with van der Waals surface area (Å²) in [5.41, 5.74) is 11.0. The quantitative estimate of drug-likeness (QED) is 0.565. The Morgan fingerprint density at radius 1 is 1.08 bits per heavy atom. The number of guanidine groups is 1. The molecule has 0 radical (unpaired) electrons. The van der Waals surface area contributed by atoms with Crippen LogP contribution in [0.5, 0.6) is 0 Å². The summed E-state index contributed by atoms with van der Waals surface area (Å²) in [5, 5.41) is 7.12. The topological polar surface area (TPSA) is 76.4 Å². The number of aryl methyl sites for hydroxylation is 2. The molecule has 3 aromatic rings. The maximum atomic E-state index is 5.94. The van der Waals surface area contributed by atoms with Crippen LogP contribution in [0.4, 0.5) is 5.69 Å². The number of nitrogens with two attached hydrogens (primary N) is 1. The fourth-order valence-electron chi connectivity index (χ4n) is 2.30. The molecule has 0 aliphatic carbocycles. The van der Waals surface area contributed by atoms with E-state index in [-0.39, 0.29) is 0 Å². The number of rotatable bonds is 4. The molecule has 0 aliphatic heterocycles. The average molecular weight is 320 g/mol. The second kappa shape index (κ2) is 7.00. The minimum absolute atomic E-state index is 0.350.